The molecule has 0 fully saturated rings. The van der Waals surface area contributed by atoms with Gasteiger partial charge in [0.1, 0.15) is 12.4 Å². The summed E-state index contributed by atoms with van der Waals surface area (Å²) in [6.45, 7) is 1.86. The summed E-state index contributed by atoms with van der Waals surface area (Å²) >= 11 is 0. The molecule has 0 aliphatic carbocycles. The van der Waals surface area contributed by atoms with E-state index >= 15 is 0 Å². The number of alkyl halides is 6. The topological polar surface area (TPSA) is 190 Å². The lowest BCUT2D eigenvalue weighted by molar-refractivity contribution is -0.193. The van der Waals surface area contributed by atoms with Crippen LogP contribution in [0.1, 0.15) is 11.3 Å². The molecule has 0 radical (unpaired) electrons. The van der Waals surface area contributed by atoms with Gasteiger partial charge in [-0.1, -0.05) is 17.7 Å². The number of nitrogens with zero attached hydrogens (tertiary/aromatic N) is 2. The molecule has 18 heteroatoms. The second-order valence-electron chi connectivity index (χ2n) is 6.27. The van der Waals surface area contributed by atoms with Crippen molar-refractivity contribution in [3.05, 3.63) is 48.0 Å². The molecule has 0 saturated carbocycles. The maximum Gasteiger partial charge on any atom is 0.490 e. The number of carboxylic acid groups (broad SMARTS) is 3. The number of carboxylic acids is 3. The number of nitrogens with two attached hydrogens (primary N) is 1. The molecule has 0 unspecified atom stereocenters. The van der Waals surface area contributed by atoms with Crippen LogP contribution in [-0.2, 0) is 30.8 Å². The number of aryl methyl sites for hydroxylation is 1. The molecule has 1 heterocycles. The van der Waals surface area contributed by atoms with Crippen molar-refractivity contribution >= 4 is 27.9 Å². The van der Waals surface area contributed by atoms with Gasteiger partial charge in [0, 0.05) is 12.6 Å². The highest BCUT2D eigenvalue weighted by molar-refractivity contribution is 7.90. The molecular weight excluding hydrogens is 520 g/mol. The quantitative estimate of drug-likeness (QED) is 0.408. The molecule has 5 N–H and O–H groups in total. The average Bonchev–Trinajstić information content (AvgIpc) is 3.17. The van der Waals surface area contributed by atoms with Crippen LogP contribution in [0, 0.1) is 6.92 Å². The molecule has 0 aliphatic rings. The lowest BCUT2D eigenvalue weighted by atomic mass is 10.2. The van der Waals surface area contributed by atoms with Crippen LogP contribution >= 0.6 is 0 Å². The summed E-state index contributed by atoms with van der Waals surface area (Å²) in [5.74, 6) is -6.68. The SMILES string of the molecule is Cc1ccc(S(=O)(=O)n2cnc(C[C@H](N)C(=O)O)c2)cc1.O=C(O)C(F)(F)F.O=C(O)C(F)(F)F. The van der Waals surface area contributed by atoms with Crippen LogP contribution in [0.2, 0.25) is 0 Å². The molecule has 0 aliphatic heterocycles. The van der Waals surface area contributed by atoms with E-state index in [2.05, 4.69) is 4.98 Å². The zero-order valence-corrected chi connectivity index (χ0v) is 18.1. The first-order chi connectivity index (χ1) is 15.7. The molecule has 35 heavy (non-hydrogen) atoms. The van der Waals surface area contributed by atoms with E-state index in [4.69, 9.17) is 30.6 Å². The van der Waals surface area contributed by atoms with Gasteiger partial charge < -0.3 is 21.1 Å². The average molecular weight is 537 g/mol. The summed E-state index contributed by atoms with van der Waals surface area (Å²) in [6.07, 6.45) is -7.79. The fraction of sp³-hybridized carbons (Fsp3) is 0.294. The van der Waals surface area contributed by atoms with Crippen molar-refractivity contribution in [3.8, 4) is 0 Å². The molecular formula is C17H17F6N3O8S. The Balaban J connectivity index is 0.000000680. The third kappa shape index (κ3) is 10.9. The second-order valence-corrected chi connectivity index (χ2v) is 8.11. The lowest BCUT2D eigenvalue weighted by Crippen LogP contribution is -2.32. The van der Waals surface area contributed by atoms with Gasteiger partial charge >= 0.3 is 30.3 Å². The van der Waals surface area contributed by atoms with Gasteiger partial charge in [0.25, 0.3) is 10.0 Å². The zero-order chi connectivity index (χ0) is 27.8. The standard InChI is InChI=1S/C13H15N3O4S.2C2HF3O2/c1-9-2-4-11(5-3-9)21(19,20)16-7-10(15-8-16)6-12(14)13(17)18;2*3-2(4,5)1(6)7/h2-5,7-8,12H,6,14H2,1H3,(H,17,18);2*(H,6,7)/t12-;;/m0../s1. The van der Waals surface area contributed by atoms with Crippen molar-refractivity contribution in [2.75, 3.05) is 0 Å². The Morgan fingerprint density at radius 2 is 1.37 bits per heavy atom. The van der Waals surface area contributed by atoms with Crippen LogP contribution in [0.4, 0.5) is 26.3 Å². The van der Waals surface area contributed by atoms with Crippen molar-refractivity contribution in [1.82, 2.24) is 8.96 Å². The van der Waals surface area contributed by atoms with E-state index in [1.807, 2.05) is 6.92 Å². The Labute approximate surface area is 192 Å². The van der Waals surface area contributed by atoms with Gasteiger partial charge in [-0.2, -0.15) is 26.3 Å². The Hall–Kier alpha value is -3.67. The second kappa shape index (κ2) is 12.2. The van der Waals surface area contributed by atoms with Crippen molar-refractivity contribution in [1.29, 1.82) is 0 Å². The molecule has 1 atom stereocenters. The first-order valence-electron chi connectivity index (χ1n) is 8.63. The van der Waals surface area contributed by atoms with E-state index in [1.165, 1.54) is 18.3 Å². The summed E-state index contributed by atoms with van der Waals surface area (Å²) in [7, 11) is -3.73. The van der Waals surface area contributed by atoms with Crippen molar-refractivity contribution in [2.45, 2.75) is 36.6 Å². The monoisotopic (exact) mass is 537 g/mol. The van der Waals surface area contributed by atoms with Gasteiger partial charge in [0.05, 0.1) is 10.6 Å². The number of hydrogen-bond donors (Lipinski definition) is 4. The highest BCUT2D eigenvalue weighted by Gasteiger charge is 2.38. The van der Waals surface area contributed by atoms with Gasteiger partial charge in [-0.3, -0.25) is 4.79 Å². The first-order valence-corrected chi connectivity index (χ1v) is 10.1. The maximum atomic E-state index is 12.4. The first kappa shape index (κ1) is 31.3. The van der Waals surface area contributed by atoms with Gasteiger partial charge in [-0.15, -0.1) is 0 Å². The predicted octanol–water partition coefficient (Wildman–Crippen LogP) is 1.65. The molecule has 2 aromatic rings. The van der Waals surface area contributed by atoms with Gasteiger partial charge in [0.2, 0.25) is 0 Å². The molecule has 196 valence electrons. The minimum atomic E-state index is -5.08. The Bertz CT molecular complexity index is 1100. The molecule has 0 bridgehead atoms. The number of imidazole rings is 1. The Morgan fingerprint density at radius 1 is 0.971 bits per heavy atom. The molecule has 0 saturated heterocycles. The largest absolute Gasteiger partial charge is 0.490 e. The van der Waals surface area contributed by atoms with Crippen molar-refractivity contribution in [2.24, 2.45) is 5.73 Å². The molecule has 11 nitrogen and oxygen atoms in total. The molecule has 0 amide bonds. The minimum Gasteiger partial charge on any atom is -0.480 e. The summed E-state index contributed by atoms with van der Waals surface area (Å²) in [6, 6.07) is 5.30. The van der Waals surface area contributed by atoms with E-state index in [-0.39, 0.29) is 11.3 Å². The van der Waals surface area contributed by atoms with Gasteiger partial charge in [-0.25, -0.2) is 27.0 Å². The third-order valence-corrected chi connectivity index (χ3v) is 5.06. The lowest BCUT2D eigenvalue weighted by Gasteiger charge is -2.05. The number of carbonyl (C=O) groups is 3. The van der Waals surface area contributed by atoms with Crippen LogP contribution in [0.15, 0.2) is 41.7 Å². The summed E-state index contributed by atoms with van der Waals surface area (Å²) in [4.78, 5) is 32.5. The smallest absolute Gasteiger partial charge is 0.480 e. The van der Waals surface area contributed by atoms with Gasteiger partial charge in [0.15, 0.2) is 0 Å². The minimum absolute atomic E-state index is 0.0360. The normalized spacial score (nSPS) is 12.3. The number of rotatable bonds is 5. The summed E-state index contributed by atoms with van der Waals surface area (Å²) in [5, 5.41) is 23.0. The van der Waals surface area contributed by atoms with Crippen LogP contribution in [-0.4, -0.2) is 69.0 Å². The van der Waals surface area contributed by atoms with E-state index in [9.17, 15) is 39.6 Å². The number of benzene rings is 1. The number of aliphatic carboxylic acids is 3. The maximum absolute atomic E-state index is 12.4. The summed E-state index contributed by atoms with van der Waals surface area (Å²) < 4.78 is 89.1. The molecule has 2 rings (SSSR count). The fourth-order valence-corrected chi connectivity index (χ4v) is 2.88. The fourth-order valence-electron chi connectivity index (χ4n) is 1.73. The van der Waals surface area contributed by atoms with Crippen LogP contribution in [0.3, 0.4) is 0 Å². The summed E-state index contributed by atoms with van der Waals surface area (Å²) in [5.41, 5.74) is 6.65. The molecule has 0 spiro atoms. The Morgan fingerprint density at radius 3 is 1.71 bits per heavy atom. The van der Waals surface area contributed by atoms with Crippen LogP contribution < -0.4 is 5.73 Å². The zero-order valence-electron chi connectivity index (χ0n) is 17.3. The highest BCUT2D eigenvalue weighted by Crippen LogP contribution is 2.16. The number of aromatic nitrogens is 2. The Kier molecular flexibility index (Phi) is 10.9. The third-order valence-electron chi connectivity index (χ3n) is 3.44. The van der Waals surface area contributed by atoms with Gasteiger partial charge in [-0.05, 0) is 19.1 Å². The molecule has 1 aromatic heterocycles. The van der Waals surface area contributed by atoms with Crippen LogP contribution in [0.25, 0.3) is 0 Å². The van der Waals surface area contributed by atoms with E-state index in [0.717, 1.165) is 15.9 Å². The van der Waals surface area contributed by atoms with E-state index in [0.29, 0.717) is 5.69 Å². The molecule has 1 aromatic carbocycles. The number of hydrogen-bond acceptors (Lipinski definition) is 7. The van der Waals surface area contributed by atoms with E-state index in [1.54, 1.807) is 12.1 Å². The van der Waals surface area contributed by atoms with Crippen molar-refractivity contribution in [3.63, 3.8) is 0 Å². The van der Waals surface area contributed by atoms with E-state index < -0.39 is 46.3 Å². The predicted molar refractivity (Wildman–Crippen MR) is 103 cm³/mol. The van der Waals surface area contributed by atoms with Crippen molar-refractivity contribution < 1.29 is 64.5 Å². The number of halogens is 6. The highest BCUT2D eigenvalue weighted by atomic mass is 32.2. The van der Waals surface area contributed by atoms with Crippen LogP contribution in [0.5, 0.6) is 0 Å².